The first-order valence-electron chi connectivity index (χ1n) is 5.00. The van der Waals surface area contributed by atoms with E-state index in [1.54, 1.807) is 13.1 Å². The van der Waals surface area contributed by atoms with Gasteiger partial charge in [-0.15, -0.1) is 0 Å². The van der Waals surface area contributed by atoms with Gasteiger partial charge in [-0.3, -0.25) is 0 Å². The molecule has 0 aliphatic carbocycles. The summed E-state index contributed by atoms with van der Waals surface area (Å²) in [5.74, 6) is -0.393. The number of aryl methyl sites for hydroxylation is 1. The van der Waals surface area contributed by atoms with E-state index in [1.807, 2.05) is 0 Å². The standard InChI is InChI=1S/C12H12FNO3/c1-14-9(12(15)17-3)6-7-10(16-2)5-4-8(13)11(7)14/h4-6H,1-3H3. The summed E-state index contributed by atoms with van der Waals surface area (Å²) in [6, 6.07) is 4.39. The minimum Gasteiger partial charge on any atom is -0.496 e. The normalized spacial score (nSPS) is 10.6. The molecule has 17 heavy (non-hydrogen) atoms. The lowest BCUT2D eigenvalue weighted by Crippen LogP contribution is -2.07. The summed E-state index contributed by atoms with van der Waals surface area (Å²) >= 11 is 0. The van der Waals surface area contributed by atoms with Gasteiger partial charge in [0, 0.05) is 12.4 Å². The molecule has 0 bridgehead atoms. The topological polar surface area (TPSA) is 40.5 Å². The SMILES string of the molecule is COC(=O)c1cc2c(OC)ccc(F)c2n1C. The highest BCUT2D eigenvalue weighted by Gasteiger charge is 2.18. The molecular weight excluding hydrogens is 225 g/mol. The molecule has 0 atom stereocenters. The monoisotopic (exact) mass is 237 g/mol. The summed E-state index contributed by atoms with van der Waals surface area (Å²) < 4.78 is 24.9. The molecule has 1 aromatic carbocycles. The third-order valence-electron chi connectivity index (χ3n) is 2.72. The molecule has 0 saturated heterocycles. The van der Waals surface area contributed by atoms with Crippen molar-refractivity contribution in [3.05, 3.63) is 29.7 Å². The molecule has 0 N–H and O–H groups in total. The van der Waals surface area contributed by atoms with Crippen LogP contribution < -0.4 is 4.74 Å². The molecule has 0 spiro atoms. The average Bonchev–Trinajstić information content (AvgIpc) is 2.68. The number of benzene rings is 1. The summed E-state index contributed by atoms with van der Waals surface area (Å²) in [7, 11) is 4.39. The molecule has 0 radical (unpaired) electrons. The minimum atomic E-state index is -0.509. The van der Waals surface area contributed by atoms with Gasteiger partial charge in [-0.1, -0.05) is 0 Å². The Morgan fingerprint density at radius 1 is 1.35 bits per heavy atom. The van der Waals surface area contributed by atoms with Gasteiger partial charge in [0.1, 0.15) is 17.3 Å². The third kappa shape index (κ3) is 1.63. The molecule has 2 aromatic rings. The van der Waals surface area contributed by atoms with E-state index in [2.05, 4.69) is 4.74 Å². The predicted molar refractivity (Wildman–Crippen MR) is 60.8 cm³/mol. The summed E-state index contributed by atoms with van der Waals surface area (Å²) in [6.07, 6.45) is 0. The highest BCUT2D eigenvalue weighted by atomic mass is 19.1. The van der Waals surface area contributed by atoms with Gasteiger partial charge in [0.25, 0.3) is 0 Å². The Labute approximate surface area is 97.5 Å². The number of halogens is 1. The minimum absolute atomic E-state index is 0.283. The van der Waals surface area contributed by atoms with Gasteiger partial charge in [0.15, 0.2) is 0 Å². The molecule has 0 unspecified atom stereocenters. The van der Waals surface area contributed by atoms with Crippen molar-refractivity contribution in [1.29, 1.82) is 0 Å². The highest BCUT2D eigenvalue weighted by molar-refractivity contribution is 5.98. The predicted octanol–water partition coefficient (Wildman–Crippen LogP) is 2.11. The van der Waals surface area contributed by atoms with Gasteiger partial charge in [-0.05, 0) is 18.2 Å². The molecule has 4 nitrogen and oxygen atoms in total. The number of nitrogens with zero attached hydrogens (tertiary/aromatic N) is 1. The van der Waals surface area contributed by atoms with Crippen LogP contribution in [-0.2, 0) is 11.8 Å². The van der Waals surface area contributed by atoms with Crippen molar-refractivity contribution in [3.63, 3.8) is 0 Å². The summed E-state index contributed by atoms with van der Waals surface area (Å²) in [6.45, 7) is 0. The second-order valence-electron chi connectivity index (χ2n) is 3.59. The van der Waals surface area contributed by atoms with Crippen molar-refractivity contribution in [1.82, 2.24) is 4.57 Å². The lowest BCUT2D eigenvalue weighted by molar-refractivity contribution is 0.0590. The van der Waals surface area contributed by atoms with E-state index in [0.717, 1.165) is 0 Å². The second kappa shape index (κ2) is 4.08. The number of aromatic nitrogens is 1. The number of fused-ring (bicyclic) bond motifs is 1. The fraction of sp³-hybridized carbons (Fsp3) is 0.250. The van der Waals surface area contributed by atoms with Gasteiger partial charge in [-0.2, -0.15) is 0 Å². The van der Waals surface area contributed by atoms with E-state index < -0.39 is 11.8 Å². The van der Waals surface area contributed by atoms with Crippen LogP contribution in [-0.4, -0.2) is 24.8 Å². The first-order valence-corrected chi connectivity index (χ1v) is 5.00. The van der Waals surface area contributed by atoms with Gasteiger partial charge < -0.3 is 14.0 Å². The number of ether oxygens (including phenoxy) is 2. The van der Waals surface area contributed by atoms with Gasteiger partial charge in [-0.25, -0.2) is 9.18 Å². The third-order valence-corrected chi connectivity index (χ3v) is 2.72. The van der Waals surface area contributed by atoms with Crippen LogP contribution in [0.5, 0.6) is 5.75 Å². The van der Waals surface area contributed by atoms with E-state index in [-0.39, 0.29) is 5.69 Å². The van der Waals surface area contributed by atoms with Crippen LogP contribution in [0.2, 0.25) is 0 Å². The van der Waals surface area contributed by atoms with E-state index in [9.17, 15) is 9.18 Å². The number of carbonyl (C=O) groups excluding carboxylic acids is 1. The average molecular weight is 237 g/mol. The van der Waals surface area contributed by atoms with E-state index in [0.29, 0.717) is 16.7 Å². The maximum atomic E-state index is 13.7. The van der Waals surface area contributed by atoms with Crippen molar-refractivity contribution in [3.8, 4) is 5.75 Å². The Hall–Kier alpha value is -2.04. The van der Waals surface area contributed by atoms with Gasteiger partial charge in [0.05, 0.1) is 19.7 Å². The van der Waals surface area contributed by atoms with Crippen LogP contribution in [0.3, 0.4) is 0 Å². The quantitative estimate of drug-likeness (QED) is 0.751. The lowest BCUT2D eigenvalue weighted by atomic mass is 10.2. The second-order valence-corrected chi connectivity index (χ2v) is 3.59. The number of hydrogen-bond donors (Lipinski definition) is 0. The summed E-state index contributed by atoms with van der Waals surface area (Å²) in [5, 5.41) is 0.551. The van der Waals surface area contributed by atoms with Crippen molar-refractivity contribution >= 4 is 16.9 Å². The van der Waals surface area contributed by atoms with E-state index >= 15 is 0 Å². The van der Waals surface area contributed by atoms with Crippen LogP contribution in [0.15, 0.2) is 18.2 Å². The maximum Gasteiger partial charge on any atom is 0.354 e. The summed E-state index contributed by atoms with van der Waals surface area (Å²) in [5.41, 5.74) is 0.607. The fourth-order valence-electron chi connectivity index (χ4n) is 1.88. The molecule has 0 aliphatic rings. The van der Waals surface area contributed by atoms with Crippen LogP contribution in [0.1, 0.15) is 10.5 Å². The molecule has 2 rings (SSSR count). The number of carbonyl (C=O) groups is 1. The van der Waals surface area contributed by atoms with Crippen LogP contribution in [0.4, 0.5) is 4.39 Å². The Morgan fingerprint density at radius 2 is 2.06 bits per heavy atom. The Bertz CT molecular complexity index is 589. The smallest absolute Gasteiger partial charge is 0.354 e. The molecule has 5 heteroatoms. The van der Waals surface area contributed by atoms with Gasteiger partial charge >= 0.3 is 5.97 Å². The number of methoxy groups -OCH3 is 2. The largest absolute Gasteiger partial charge is 0.496 e. The van der Waals surface area contributed by atoms with Gasteiger partial charge in [0.2, 0.25) is 0 Å². The molecule has 0 aliphatic heterocycles. The highest BCUT2D eigenvalue weighted by Crippen LogP contribution is 2.30. The molecule has 0 saturated carbocycles. The maximum absolute atomic E-state index is 13.7. The van der Waals surface area contributed by atoms with Crippen molar-refractivity contribution in [2.24, 2.45) is 7.05 Å². The zero-order valence-corrected chi connectivity index (χ0v) is 9.78. The van der Waals surface area contributed by atoms with Crippen LogP contribution >= 0.6 is 0 Å². The fourth-order valence-corrected chi connectivity index (χ4v) is 1.88. The number of rotatable bonds is 2. The van der Waals surface area contributed by atoms with Crippen LogP contribution in [0.25, 0.3) is 10.9 Å². The molecule has 1 heterocycles. The number of hydrogen-bond acceptors (Lipinski definition) is 3. The first-order chi connectivity index (χ1) is 8.10. The lowest BCUT2D eigenvalue weighted by Gasteiger charge is -2.04. The van der Waals surface area contributed by atoms with E-state index in [4.69, 9.17) is 4.74 Å². The van der Waals surface area contributed by atoms with E-state index in [1.165, 1.54) is 30.9 Å². The zero-order valence-electron chi connectivity index (χ0n) is 9.78. The molecule has 1 aromatic heterocycles. The summed E-state index contributed by atoms with van der Waals surface area (Å²) in [4.78, 5) is 11.5. The number of esters is 1. The van der Waals surface area contributed by atoms with Crippen molar-refractivity contribution in [2.45, 2.75) is 0 Å². The Balaban J connectivity index is 2.80. The first kappa shape index (κ1) is 11.4. The molecule has 0 fully saturated rings. The Kier molecular flexibility index (Phi) is 2.75. The zero-order chi connectivity index (χ0) is 12.6. The van der Waals surface area contributed by atoms with Crippen LogP contribution in [0, 0.1) is 5.82 Å². The molecular formula is C12H12FNO3. The Morgan fingerprint density at radius 3 is 2.65 bits per heavy atom. The molecule has 90 valence electrons. The molecule has 0 amide bonds. The van der Waals surface area contributed by atoms with Crippen molar-refractivity contribution in [2.75, 3.05) is 14.2 Å². The van der Waals surface area contributed by atoms with Crippen molar-refractivity contribution < 1.29 is 18.7 Å².